The van der Waals surface area contributed by atoms with Gasteiger partial charge in [0.2, 0.25) is 5.89 Å². The molecule has 0 spiro atoms. The molecule has 1 aliphatic rings. The molecule has 0 radical (unpaired) electrons. The Bertz CT molecular complexity index is 555. The van der Waals surface area contributed by atoms with Crippen molar-refractivity contribution >= 4 is 0 Å². The van der Waals surface area contributed by atoms with Crippen LogP contribution in [0.15, 0.2) is 34.9 Å². The van der Waals surface area contributed by atoms with Gasteiger partial charge in [-0.1, -0.05) is 29.8 Å². The second-order valence-corrected chi connectivity index (χ2v) is 5.52. The minimum absolute atomic E-state index is 0.595. The fourth-order valence-corrected chi connectivity index (χ4v) is 2.70. The molecule has 100 valence electrons. The second kappa shape index (κ2) is 5.17. The summed E-state index contributed by atoms with van der Waals surface area (Å²) in [6, 6.07) is 9.45. The summed E-state index contributed by atoms with van der Waals surface area (Å²) in [5, 5.41) is 3.51. The number of aromatic nitrogens is 1. The summed E-state index contributed by atoms with van der Waals surface area (Å²) in [4.78, 5) is 4.21. The van der Waals surface area contributed by atoms with Gasteiger partial charge in [0, 0.05) is 6.04 Å². The molecule has 0 amide bonds. The predicted octanol–water partition coefficient (Wildman–Crippen LogP) is 3.33. The highest BCUT2D eigenvalue weighted by molar-refractivity contribution is 5.27. The molecule has 1 aromatic carbocycles. The van der Waals surface area contributed by atoms with E-state index in [1.807, 2.05) is 6.92 Å². The monoisotopic (exact) mass is 256 g/mol. The summed E-state index contributed by atoms with van der Waals surface area (Å²) < 4.78 is 5.46. The van der Waals surface area contributed by atoms with E-state index in [2.05, 4.69) is 41.5 Å². The zero-order valence-electron chi connectivity index (χ0n) is 11.5. The molecule has 1 aromatic heterocycles. The minimum Gasteiger partial charge on any atom is -0.445 e. The van der Waals surface area contributed by atoms with Crippen LogP contribution in [0, 0.1) is 13.8 Å². The van der Waals surface area contributed by atoms with E-state index in [1.54, 1.807) is 6.20 Å². The van der Waals surface area contributed by atoms with Gasteiger partial charge in [-0.2, -0.15) is 0 Å². The van der Waals surface area contributed by atoms with Crippen molar-refractivity contribution in [1.82, 2.24) is 10.3 Å². The normalized spacial score (nSPS) is 22.2. The molecule has 3 heteroatoms. The minimum atomic E-state index is 0.595. The fraction of sp³-hybridized carbons (Fsp3) is 0.438. The van der Waals surface area contributed by atoms with Crippen molar-refractivity contribution in [3.8, 4) is 0 Å². The van der Waals surface area contributed by atoms with E-state index in [0.717, 1.165) is 18.2 Å². The van der Waals surface area contributed by atoms with E-state index in [-0.39, 0.29) is 0 Å². The first-order valence-corrected chi connectivity index (χ1v) is 6.92. The van der Waals surface area contributed by atoms with Gasteiger partial charge in [-0.15, -0.1) is 0 Å². The Kier molecular flexibility index (Phi) is 3.38. The van der Waals surface area contributed by atoms with E-state index in [4.69, 9.17) is 4.42 Å². The number of hydrogen-bond acceptors (Lipinski definition) is 3. The maximum Gasteiger partial charge on any atom is 0.208 e. The molecule has 0 atom stereocenters. The number of nitrogens with zero attached hydrogens (tertiary/aromatic N) is 1. The largest absolute Gasteiger partial charge is 0.445 e. The van der Waals surface area contributed by atoms with Crippen LogP contribution in [-0.2, 0) is 6.54 Å². The Morgan fingerprint density at radius 1 is 1.32 bits per heavy atom. The lowest BCUT2D eigenvalue weighted by atomic mass is 9.75. The third-order valence-electron chi connectivity index (χ3n) is 3.86. The van der Waals surface area contributed by atoms with Gasteiger partial charge >= 0.3 is 0 Å². The highest BCUT2D eigenvalue weighted by Gasteiger charge is 2.29. The number of nitrogens with one attached hydrogen (secondary N) is 1. The Morgan fingerprint density at radius 3 is 2.84 bits per heavy atom. The van der Waals surface area contributed by atoms with Gasteiger partial charge in [0.1, 0.15) is 5.76 Å². The Hall–Kier alpha value is -1.61. The van der Waals surface area contributed by atoms with E-state index < -0.39 is 0 Å². The van der Waals surface area contributed by atoms with Gasteiger partial charge in [0.25, 0.3) is 0 Å². The van der Waals surface area contributed by atoms with Gasteiger partial charge < -0.3 is 9.73 Å². The molecular formula is C16H20N2O. The summed E-state index contributed by atoms with van der Waals surface area (Å²) in [5.41, 5.74) is 2.83. The van der Waals surface area contributed by atoms with Crippen molar-refractivity contribution in [3.63, 3.8) is 0 Å². The van der Waals surface area contributed by atoms with Crippen LogP contribution in [-0.4, -0.2) is 11.0 Å². The van der Waals surface area contributed by atoms with Crippen LogP contribution in [0.5, 0.6) is 0 Å². The molecule has 0 unspecified atom stereocenters. The number of rotatable bonds is 4. The first-order chi connectivity index (χ1) is 9.20. The molecule has 3 nitrogen and oxygen atoms in total. The molecular weight excluding hydrogens is 236 g/mol. The van der Waals surface area contributed by atoms with Crippen LogP contribution in [0.1, 0.15) is 41.5 Å². The first kappa shape index (κ1) is 12.4. The molecule has 1 saturated carbocycles. The van der Waals surface area contributed by atoms with Crippen molar-refractivity contribution < 1.29 is 4.42 Å². The highest BCUT2D eigenvalue weighted by Crippen LogP contribution is 2.37. The maximum absolute atomic E-state index is 5.46. The summed E-state index contributed by atoms with van der Waals surface area (Å²) in [5.74, 6) is 2.38. The molecule has 19 heavy (non-hydrogen) atoms. The molecule has 1 aliphatic carbocycles. The third-order valence-corrected chi connectivity index (χ3v) is 3.86. The molecule has 1 heterocycles. The average Bonchev–Trinajstić information content (AvgIpc) is 2.73. The molecule has 1 N–H and O–H groups in total. The summed E-state index contributed by atoms with van der Waals surface area (Å²) in [6.07, 6.45) is 4.19. The van der Waals surface area contributed by atoms with Gasteiger partial charge in [-0.25, -0.2) is 4.98 Å². The molecule has 3 rings (SSSR count). The second-order valence-electron chi connectivity index (χ2n) is 5.52. The summed E-state index contributed by atoms with van der Waals surface area (Å²) in [6.45, 7) is 4.81. The topological polar surface area (TPSA) is 38.1 Å². The van der Waals surface area contributed by atoms with Crippen molar-refractivity contribution in [2.75, 3.05) is 0 Å². The van der Waals surface area contributed by atoms with Gasteiger partial charge in [0.05, 0.1) is 12.7 Å². The SMILES string of the molecule is Cc1cccc(C2CC(NCc3ncc(C)o3)C2)c1. The fourth-order valence-electron chi connectivity index (χ4n) is 2.70. The number of aryl methyl sites for hydroxylation is 2. The summed E-state index contributed by atoms with van der Waals surface area (Å²) in [7, 11) is 0. The summed E-state index contributed by atoms with van der Waals surface area (Å²) >= 11 is 0. The average molecular weight is 256 g/mol. The van der Waals surface area contributed by atoms with E-state index in [0.29, 0.717) is 12.0 Å². The Morgan fingerprint density at radius 2 is 2.16 bits per heavy atom. The number of oxazole rings is 1. The smallest absolute Gasteiger partial charge is 0.208 e. The van der Waals surface area contributed by atoms with Crippen LogP contribution in [0.3, 0.4) is 0 Å². The van der Waals surface area contributed by atoms with Crippen molar-refractivity contribution in [2.45, 2.75) is 45.2 Å². The van der Waals surface area contributed by atoms with Gasteiger partial charge in [-0.05, 0) is 38.2 Å². The quantitative estimate of drug-likeness (QED) is 0.911. The van der Waals surface area contributed by atoms with Crippen molar-refractivity contribution in [2.24, 2.45) is 0 Å². The van der Waals surface area contributed by atoms with Gasteiger partial charge in [-0.3, -0.25) is 0 Å². The lowest BCUT2D eigenvalue weighted by Crippen LogP contribution is -2.39. The van der Waals surface area contributed by atoms with Crippen LogP contribution >= 0.6 is 0 Å². The lowest BCUT2D eigenvalue weighted by molar-refractivity contribution is 0.278. The Labute approximate surface area is 114 Å². The van der Waals surface area contributed by atoms with Crippen LogP contribution in [0.4, 0.5) is 0 Å². The zero-order chi connectivity index (χ0) is 13.2. The van der Waals surface area contributed by atoms with E-state index in [9.17, 15) is 0 Å². The number of benzene rings is 1. The molecule has 0 bridgehead atoms. The molecule has 1 fully saturated rings. The standard InChI is InChI=1S/C16H20N2O/c1-11-4-3-5-13(6-11)14-7-15(8-14)17-10-16-18-9-12(2)19-16/h3-6,9,14-15,17H,7-8,10H2,1-2H3. The molecule has 0 saturated heterocycles. The van der Waals surface area contributed by atoms with Gasteiger partial charge in [0.15, 0.2) is 0 Å². The van der Waals surface area contributed by atoms with E-state index in [1.165, 1.54) is 24.0 Å². The third kappa shape index (κ3) is 2.87. The maximum atomic E-state index is 5.46. The Balaban J connectivity index is 1.48. The van der Waals surface area contributed by atoms with Crippen LogP contribution < -0.4 is 5.32 Å². The zero-order valence-corrected chi connectivity index (χ0v) is 11.5. The molecule has 0 aliphatic heterocycles. The first-order valence-electron chi connectivity index (χ1n) is 6.92. The van der Waals surface area contributed by atoms with Crippen LogP contribution in [0.2, 0.25) is 0 Å². The van der Waals surface area contributed by atoms with Crippen molar-refractivity contribution in [3.05, 3.63) is 53.2 Å². The molecule has 2 aromatic rings. The van der Waals surface area contributed by atoms with Crippen LogP contribution in [0.25, 0.3) is 0 Å². The van der Waals surface area contributed by atoms with Crippen molar-refractivity contribution in [1.29, 1.82) is 0 Å². The predicted molar refractivity (Wildman–Crippen MR) is 75.0 cm³/mol. The number of hydrogen-bond donors (Lipinski definition) is 1. The van der Waals surface area contributed by atoms with E-state index >= 15 is 0 Å². The highest BCUT2D eigenvalue weighted by atomic mass is 16.4. The lowest BCUT2D eigenvalue weighted by Gasteiger charge is -2.36.